The molecule has 4 aromatic rings. The highest BCUT2D eigenvalue weighted by molar-refractivity contribution is 7.80. The van der Waals surface area contributed by atoms with Crippen molar-refractivity contribution in [1.82, 2.24) is 9.88 Å². The van der Waals surface area contributed by atoms with E-state index in [2.05, 4.69) is 12.2 Å². The molecule has 0 bridgehead atoms. The average Bonchev–Trinajstić information content (AvgIpc) is 3.24. The lowest BCUT2D eigenvalue weighted by Gasteiger charge is -2.29. The topological polar surface area (TPSA) is 54.3 Å². The van der Waals surface area contributed by atoms with E-state index in [1.807, 2.05) is 59.3 Å². The minimum Gasteiger partial charge on any atom is -0.342 e. The van der Waals surface area contributed by atoms with Crippen molar-refractivity contribution >= 4 is 51.8 Å². The van der Waals surface area contributed by atoms with Crippen LogP contribution in [-0.2, 0) is 22.6 Å². The van der Waals surface area contributed by atoms with Crippen molar-refractivity contribution in [2.24, 2.45) is 0 Å². The third-order valence-corrected chi connectivity index (χ3v) is 6.79. The fraction of sp³-hybridized carbons (Fsp3) is 0.167. The molecule has 0 spiro atoms. The van der Waals surface area contributed by atoms with E-state index in [9.17, 15) is 14.0 Å². The summed E-state index contributed by atoms with van der Waals surface area (Å²) in [5, 5.41) is 3.63. The monoisotopic (exact) mass is 511 g/mol. The molecule has 2 heterocycles. The molecule has 1 aromatic heterocycles. The number of carbonyl (C=O) groups is 2. The number of anilines is 1. The van der Waals surface area contributed by atoms with Crippen LogP contribution in [-0.4, -0.2) is 21.5 Å². The zero-order chi connectivity index (χ0) is 25.9. The molecule has 1 aliphatic rings. The van der Waals surface area contributed by atoms with Gasteiger partial charge in [0, 0.05) is 29.2 Å². The summed E-state index contributed by atoms with van der Waals surface area (Å²) < 4.78 is 15.4. The first-order valence-electron chi connectivity index (χ1n) is 12.3. The van der Waals surface area contributed by atoms with Crippen LogP contribution in [0.1, 0.15) is 36.5 Å². The molecule has 0 aliphatic carbocycles. The lowest BCUT2D eigenvalue weighted by Crippen LogP contribution is -2.54. The van der Waals surface area contributed by atoms with Crippen LogP contribution in [0.2, 0.25) is 0 Å². The Labute approximate surface area is 220 Å². The Balaban J connectivity index is 1.49. The molecule has 3 aromatic carbocycles. The van der Waals surface area contributed by atoms with Crippen LogP contribution in [0, 0.1) is 5.82 Å². The van der Waals surface area contributed by atoms with Crippen molar-refractivity contribution in [3.05, 3.63) is 107 Å². The summed E-state index contributed by atoms with van der Waals surface area (Å²) in [4.78, 5) is 27.8. The zero-order valence-electron chi connectivity index (χ0n) is 20.4. The second kappa shape index (κ2) is 10.5. The van der Waals surface area contributed by atoms with Gasteiger partial charge in [0.25, 0.3) is 11.8 Å². The number of fused-ring (bicyclic) bond motifs is 1. The molecule has 1 N–H and O–H groups in total. The van der Waals surface area contributed by atoms with Crippen molar-refractivity contribution in [2.45, 2.75) is 32.7 Å². The van der Waals surface area contributed by atoms with Crippen LogP contribution in [0.3, 0.4) is 0 Å². The van der Waals surface area contributed by atoms with Gasteiger partial charge in [0.05, 0.1) is 5.69 Å². The van der Waals surface area contributed by atoms with E-state index in [4.69, 9.17) is 12.2 Å². The smallest absolute Gasteiger partial charge is 0.270 e. The third kappa shape index (κ3) is 5.08. The summed E-state index contributed by atoms with van der Waals surface area (Å²) in [6, 6.07) is 21.8. The summed E-state index contributed by atoms with van der Waals surface area (Å²) in [6.45, 7) is 2.67. The van der Waals surface area contributed by atoms with Gasteiger partial charge >= 0.3 is 0 Å². The number of nitrogens with zero attached hydrogens (tertiary/aromatic N) is 2. The first-order chi connectivity index (χ1) is 17.9. The summed E-state index contributed by atoms with van der Waals surface area (Å²) in [6.07, 6.45) is 6.70. The number of unbranched alkanes of at least 4 members (excludes halogenated alkanes) is 1. The van der Waals surface area contributed by atoms with Crippen LogP contribution in [0.4, 0.5) is 10.1 Å². The van der Waals surface area contributed by atoms with Gasteiger partial charge in [-0.3, -0.25) is 19.8 Å². The highest BCUT2D eigenvalue weighted by atomic mass is 32.1. The first kappa shape index (κ1) is 24.6. The zero-order valence-corrected chi connectivity index (χ0v) is 21.2. The van der Waals surface area contributed by atoms with Gasteiger partial charge in [-0.15, -0.1) is 0 Å². The van der Waals surface area contributed by atoms with Gasteiger partial charge in [-0.2, -0.15) is 0 Å². The molecule has 2 amide bonds. The Morgan fingerprint density at radius 3 is 2.38 bits per heavy atom. The van der Waals surface area contributed by atoms with Gasteiger partial charge in [-0.25, -0.2) is 4.39 Å². The molecule has 5 nitrogen and oxygen atoms in total. The van der Waals surface area contributed by atoms with Crippen LogP contribution >= 0.6 is 12.2 Å². The number of nitrogens with one attached hydrogen (secondary N) is 1. The lowest BCUT2D eigenvalue weighted by atomic mass is 10.1. The van der Waals surface area contributed by atoms with Crippen LogP contribution in [0.5, 0.6) is 0 Å². The summed E-state index contributed by atoms with van der Waals surface area (Å²) in [5.74, 6) is -1.28. The number of aromatic nitrogens is 1. The van der Waals surface area contributed by atoms with E-state index in [0.29, 0.717) is 12.2 Å². The van der Waals surface area contributed by atoms with Gasteiger partial charge in [0.2, 0.25) is 0 Å². The quantitative estimate of drug-likeness (QED) is 0.188. The third-order valence-electron chi connectivity index (χ3n) is 6.50. The van der Waals surface area contributed by atoms with Gasteiger partial charge in [0.15, 0.2) is 5.11 Å². The molecule has 1 fully saturated rings. The number of amides is 2. The minimum atomic E-state index is -0.527. The second-order valence-electron chi connectivity index (χ2n) is 9.08. The Morgan fingerprint density at radius 1 is 0.946 bits per heavy atom. The SMILES string of the molecule is CCCCc1ccc(N2C(=O)/C(=C\c3cn(Cc4ccc(F)cc4)c4ccccc34)C(=O)NC2=S)cc1. The van der Waals surface area contributed by atoms with Gasteiger partial charge < -0.3 is 4.57 Å². The Morgan fingerprint density at radius 2 is 1.65 bits per heavy atom. The second-order valence-corrected chi connectivity index (χ2v) is 9.47. The predicted octanol–water partition coefficient (Wildman–Crippen LogP) is 6.00. The number of carbonyl (C=O) groups excluding carboxylic acids is 2. The molecule has 0 saturated carbocycles. The maximum absolute atomic E-state index is 13.5. The van der Waals surface area contributed by atoms with E-state index in [1.165, 1.54) is 22.6 Å². The number of para-hydroxylation sites is 1. The Hall–Kier alpha value is -4.10. The predicted molar refractivity (Wildman–Crippen MR) is 149 cm³/mol. The fourth-order valence-corrected chi connectivity index (χ4v) is 4.83. The van der Waals surface area contributed by atoms with E-state index in [-0.39, 0.29) is 16.5 Å². The molecule has 37 heavy (non-hydrogen) atoms. The first-order valence-corrected chi connectivity index (χ1v) is 12.7. The Bertz CT molecular complexity index is 1520. The maximum Gasteiger partial charge on any atom is 0.270 e. The van der Waals surface area contributed by atoms with Crippen molar-refractivity contribution in [1.29, 1.82) is 0 Å². The number of benzene rings is 3. The Kier molecular flexibility index (Phi) is 6.97. The highest BCUT2D eigenvalue weighted by Gasteiger charge is 2.34. The largest absolute Gasteiger partial charge is 0.342 e. The number of hydrogen-bond donors (Lipinski definition) is 1. The minimum absolute atomic E-state index is 0.00773. The molecule has 1 aliphatic heterocycles. The molecule has 186 valence electrons. The molecule has 0 atom stereocenters. The fourth-order valence-electron chi connectivity index (χ4n) is 4.55. The van der Waals surface area contributed by atoms with Crippen molar-refractivity contribution in [3.63, 3.8) is 0 Å². The molecule has 5 rings (SSSR count). The molecule has 0 unspecified atom stereocenters. The van der Waals surface area contributed by atoms with Crippen molar-refractivity contribution in [2.75, 3.05) is 4.90 Å². The molecular weight excluding hydrogens is 485 g/mol. The van der Waals surface area contributed by atoms with Crippen LogP contribution in [0.25, 0.3) is 17.0 Å². The van der Waals surface area contributed by atoms with E-state index >= 15 is 0 Å². The van der Waals surface area contributed by atoms with Gasteiger partial charge in [0.1, 0.15) is 11.4 Å². The average molecular weight is 512 g/mol. The highest BCUT2D eigenvalue weighted by Crippen LogP contribution is 2.27. The molecular formula is C30H26FN3O2S. The number of halogens is 1. The standard InChI is InChI=1S/C30H26FN3O2S/c1-2-3-6-20-11-15-24(16-12-20)34-29(36)26(28(35)32-30(34)37)17-22-19-33(27-8-5-4-7-25(22)27)18-21-9-13-23(31)14-10-21/h4-5,7-17,19H,2-3,6,18H2,1H3,(H,32,35,37)/b26-17-. The molecule has 7 heteroatoms. The summed E-state index contributed by atoms with van der Waals surface area (Å²) in [7, 11) is 0. The number of rotatable bonds is 7. The maximum atomic E-state index is 13.5. The molecule has 1 saturated heterocycles. The summed E-state index contributed by atoms with van der Waals surface area (Å²) in [5.41, 5.74) is 4.42. The van der Waals surface area contributed by atoms with Gasteiger partial charge in [-0.1, -0.05) is 55.8 Å². The van der Waals surface area contributed by atoms with Crippen LogP contribution in [0.15, 0.2) is 84.6 Å². The lowest BCUT2D eigenvalue weighted by molar-refractivity contribution is -0.122. The van der Waals surface area contributed by atoms with Crippen LogP contribution < -0.4 is 10.2 Å². The van der Waals surface area contributed by atoms with E-state index in [1.54, 1.807) is 18.2 Å². The van der Waals surface area contributed by atoms with Gasteiger partial charge in [-0.05, 0) is 72.6 Å². The number of thiocarbonyl (C=S) groups is 1. The number of aryl methyl sites for hydroxylation is 1. The van der Waals surface area contributed by atoms with E-state index < -0.39 is 11.8 Å². The number of hydrogen-bond acceptors (Lipinski definition) is 3. The normalized spacial score (nSPS) is 15.0. The molecule has 0 radical (unpaired) electrons. The summed E-state index contributed by atoms with van der Waals surface area (Å²) >= 11 is 5.36. The van der Waals surface area contributed by atoms with Crippen molar-refractivity contribution in [3.8, 4) is 0 Å². The van der Waals surface area contributed by atoms with Crippen molar-refractivity contribution < 1.29 is 14.0 Å². The van der Waals surface area contributed by atoms with E-state index in [0.717, 1.165) is 41.3 Å².